The number of hydrogen-bond donors (Lipinski definition) is 0. The zero-order chi connectivity index (χ0) is 16.5. The van der Waals surface area contributed by atoms with E-state index in [4.69, 9.17) is 0 Å². The van der Waals surface area contributed by atoms with Gasteiger partial charge in [0, 0.05) is 44.8 Å². The molecule has 0 N–H and O–H groups in total. The van der Waals surface area contributed by atoms with Gasteiger partial charge in [-0.2, -0.15) is 0 Å². The van der Waals surface area contributed by atoms with E-state index in [9.17, 15) is 4.79 Å². The van der Waals surface area contributed by atoms with Gasteiger partial charge in [0.15, 0.2) is 0 Å². The number of piperazine rings is 1. The molecule has 0 spiro atoms. The lowest BCUT2D eigenvalue weighted by Crippen LogP contribution is -2.49. The smallest absolute Gasteiger partial charge is 0.274 e. The molecule has 0 aliphatic carbocycles. The minimum absolute atomic E-state index is 0.00276. The molecule has 6 nitrogen and oxygen atoms in total. The molecule has 24 heavy (non-hydrogen) atoms. The third-order valence-electron chi connectivity index (χ3n) is 4.36. The van der Waals surface area contributed by atoms with Crippen LogP contribution in [0.15, 0.2) is 48.9 Å². The van der Waals surface area contributed by atoms with Crippen LogP contribution >= 0.6 is 0 Å². The van der Waals surface area contributed by atoms with Gasteiger partial charge in [-0.05, 0) is 30.7 Å². The third kappa shape index (κ3) is 2.71. The van der Waals surface area contributed by atoms with Crippen LogP contribution in [0.25, 0.3) is 5.65 Å². The number of hydrogen-bond acceptors (Lipinski definition) is 4. The second kappa shape index (κ2) is 5.96. The van der Waals surface area contributed by atoms with Gasteiger partial charge < -0.3 is 14.2 Å². The highest BCUT2D eigenvalue weighted by Crippen LogP contribution is 2.15. The standard InChI is InChI=1S/C18H19N5O/c1-14-5-6-17-20-15(13-23(17)12-14)18(24)22-10-8-21(9-11-22)16-4-2-3-7-19-16/h2-7,12-13H,8-11H2,1H3. The molecule has 1 aliphatic heterocycles. The van der Waals surface area contributed by atoms with Crippen molar-refractivity contribution in [3.05, 3.63) is 60.2 Å². The summed E-state index contributed by atoms with van der Waals surface area (Å²) in [6, 6.07) is 9.84. The number of aryl methyl sites for hydroxylation is 1. The first-order valence-corrected chi connectivity index (χ1v) is 8.11. The maximum Gasteiger partial charge on any atom is 0.274 e. The van der Waals surface area contributed by atoms with Crippen molar-refractivity contribution in [3.8, 4) is 0 Å². The molecule has 0 bridgehead atoms. The zero-order valence-electron chi connectivity index (χ0n) is 13.6. The molecule has 1 saturated heterocycles. The Kier molecular flexibility index (Phi) is 3.65. The Morgan fingerprint density at radius 2 is 1.88 bits per heavy atom. The molecule has 1 aliphatic rings. The van der Waals surface area contributed by atoms with Crippen LogP contribution in [0.4, 0.5) is 5.82 Å². The van der Waals surface area contributed by atoms with Gasteiger partial charge in [-0.3, -0.25) is 4.79 Å². The lowest BCUT2D eigenvalue weighted by molar-refractivity contribution is 0.0741. The van der Waals surface area contributed by atoms with E-state index < -0.39 is 0 Å². The van der Waals surface area contributed by atoms with Crippen molar-refractivity contribution >= 4 is 17.4 Å². The van der Waals surface area contributed by atoms with Crippen LogP contribution in [0, 0.1) is 6.92 Å². The number of aromatic nitrogens is 3. The molecule has 3 aromatic rings. The number of anilines is 1. The molecular formula is C18H19N5O. The van der Waals surface area contributed by atoms with E-state index in [2.05, 4.69) is 14.9 Å². The molecule has 4 rings (SSSR count). The molecule has 1 amide bonds. The van der Waals surface area contributed by atoms with Gasteiger partial charge in [0.05, 0.1) is 0 Å². The van der Waals surface area contributed by atoms with E-state index in [-0.39, 0.29) is 5.91 Å². The molecule has 122 valence electrons. The maximum absolute atomic E-state index is 12.7. The van der Waals surface area contributed by atoms with E-state index >= 15 is 0 Å². The number of rotatable bonds is 2. The fourth-order valence-electron chi connectivity index (χ4n) is 3.05. The summed E-state index contributed by atoms with van der Waals surface area (Å²) in [6.07, 6.45) is 5.60. The summed E-state index contributed by atoms with van der Waals surface area (Å²) in [7, 11) is 0. The highest BCUT2D eigenvalue weighted by molar-refractivity contribution is 5.93. The number of amides is 1. The first kappa shape index (κ1) is 14.7. The normalized spacial score (nSPS) is 15.0. The van der Waals surface area contributed by atoms with E-state index in [0.717, 1.165) is 30.1 Å². The predicted octanol–water partition coefficient (Wildman–Crippen LogP) is 2.00. The van der Waals surface area contributed by atoms with Crippen molar-refractivity contribution in [2.45, 2.75) is 6.92 Å². The molecule has 0 saturated carbocycles. The summed E-state index contributed by atoms with van der Waals surface area (Å²) >= 11 is 0. The molecule has 0 unspecified atom stereocenters. The van der Waals surface area contributed by atoms with Gasteiger partial charge in [-0.25, -0.2) is 9.97 Å². The van der Waals surface area contributed by atoms with Crippen molar-refractivity contribution in [3.63, 3.8) is 0 Å². The predicted molar refractivity (Wildman–Crippen MR) is 92.3 cm³/mol. The molecule has 0 atom stereocenters. The highest BCUT2D eigenvalue weighted by Gasteiger charge is 2.24. The molecule has 1 fully saturated rings. The summed E-state index contributed by atoms with van der Waals surface area (Å²) < 4.78 is 1.91. The van der Waals surface area contributed by atoms with E-state index in [0.29, 0.717) is 18.8 Å². The van der Waals surface area contributed by atoms with Crippen LogP contribution in [0.3, 0.4) is 0 Å². The van der Waals surface area contributed by atoms with Gasteiger partial charge >= 0.3 is 0 Å². The first-order chi connectivity index (χ1) is 11.7. The number of imidazole rings is 1. The molecular weight excluding hydrogens is 302 g/mol. The van der Waals surface area contributed by atoms with Gasteiger partial charge in [-0.15, -0.1) is 0 Å². The van der Waals surface area contributed by atoms with Gasteiger partial charge in [-0.1, -0.05) is 12.1 Å². The number of fused-ring (bicyclic) bond motifs is 1. The fraction of sp³-hybridized carbons (Fsp3) is 0.278. The monoisotopic (exact) mass is 321 g/mol. The maximum atomic E-state index is 12.7. The molecule has 6 heteroatoms. The summed E-state index contributed by atoms with van der Waals surface area (Å²) in [5, 5.41) is 0. The molecule has 4 heterocycles. The summed E-state index contributed by atoms with van der Waals surface area (Å²) in [6.45, 7) is 4.97. The number of nitrogens with zero attached hydrogens (tertiary/aromatic N) is 5. The Morgan fingerprint density at radius 3 is 2.62 bits per heavy atom. The summed E-state index contributed by atoms with van der Waals surface area (Å²) in [4.78, 5) is 25.6. The van der Waals surface area contributed by atoms with Gasteiger partial charge in [0.2, 0.25) is 0 Å². The largest absolute Gasteiger partial charge is 0.353 e. The van der Waals surface area contributed by atoms with Crippen LogP contribution in [-0.4, -0.2) is 51.4 Å². The lowest BCUT2D eigenvalue weighted by Gasteiger charge is -2.35. The molecule has 0 aromatic carbocycles. The number of pyridine rings is 2. The Labute approximate surface area is 140 Å². The van der Waals surface area contributed by atoms with Crippen LogP contribution < -0.4 is 4.90 Å². The van der Waals surface area contributed by atoms with Crippen molar-refractivity contribution < 1.29 is 4.79 Å². The topological polar surface area (TPSA) is 53.7 Å². The number of carbonyl (C=O) groups excluding carboxylic acids is 1. The van der Waals surface area contributed by atoms with Gasteiger partial charge in [0.1, 0.15) is 17.2 Å². The Morgan fingerprint density at radius 1 is 1.04 bits per heavy atom. The quantitative estimate of drug-likeness (QED) is 0.724. The fourth-order valence-corrected chi connectivity index (χ4v) is 3.05. The van der Waals surface area contributed by atoms with Crippen molar-refractivity contribution in [2.75, 3.05) is 31.1 Å². The molecule has 3 aromatic heterocycles. The summed E-state index contributed by atoms with van der Waals surface area (Å²) in [5.74, 6) is 0.963. The van der Waals surface area contributed by atoms with Gasteiger partial charge in [0.25, 0.3) is 5.91 Å². The first-order valence-electron chi connectivity index (χ1n) is 8.11. The number of carbonyl (C=O) groups is 1. The van der Waals surface area contributed by atoms with E-state index in [1.165, 1.54) is 0 Å². The Hall–Kier alpha value is -2.89. The van der Waals surface area contributed by atoms with Crippen molar-refractivity contribution in [1.29, 1.82) is 0 Å². The minimum Gasteiger partial charge on any atom is -0.353 e. The Bertz CT molecular complexity index is 866. The average molecular weight is 321 g/mol. The van der Waals surface area contributed by atoms with Crippen LogP contribution in [0.5, 0.6) is 0 Å². The van der Waals surface area contributed by atoms with Crippen LogP contribution in [0.2, 0.25) is 0 Å². The van der Waals surface area contributed by atoms with Crippen LogP contribution in [0.1, 0.15) is 16.1 Å². The average Bonchev–Trinajstić information content (AvgIpc) is 3.05. The van der Waals surface area contributed by atoms with Crippen LogP contribution in [-0.2, 0) is 0 Å². The third-order valence-corrected chi connectivity index (χ3v) is 4.36. The summed E-state index contributed by atoms with van der Waals surface area (Å²) in [5.41, 5.74) is 2.45. The molecule has 0 radical (unpaired) electrons. The second-order valence-electron chi connectivity index (χ2n) is 6.07. The highest BCUT2D eigenvalue weighted by atomic mass is 16.2. The second-order valence-corrected chi connectivity index (χ2v) is 6.07. The van der Waals surface area contributed by atoms with E-state index in [1.807, 2.05) is 58.9 Å². The van der Waals surface area contributed by atoms with Crippen molar-refractivity contribution in [2.24, 2.45) is 0 Å². The zero-order valence-corrected chi connectivity index (χ0v) is 13.6. The van der Waals surface area contributed by atoms with E-state index in [1.54, 1.807) is 6.20 Å². The SMILES string of the molecule is Cc1ccc2nc(C(=O)N3CCN(c4ccccn4)CC3)cn2c1. The minimum atomic E-state index is -0.00276. The Balaban J connectivity index is 1.47. The van der Waals surface area contributed by atoms with Crippen molar-refractivity contribution in [1.82, 2.24) is 19.3 Å². The lowest BCUT2D eigenvalue weighted by atomic mass is 10.2.